The van der Waals surface area contributed by atoms with E-state index in [2.05, 4.69) is 57.2 Å². The summed E-state index contributed by atoms with van der Waals surface area (Å²) in [5.41, 5.74) is 3.15. The van der Waals surface area contributed by atoms with E-state index in [1.165, 1.54) is 0 Å². The average Bonchev–Trinajstić information content (AvgIpc) is 3.33. The number of para-hydroxylation sites is 2. The first-order valence-electron chi connectivity index (χ1n) is 9.53. The SMILES string of the molecule is CCCN1C(=S)N[C@@H](c2ccccn2)[C@H]1c1cccn1-c1ccccc1OC. The van der Waals surface area contributed by atoms with Crippen LogP contribution in [0.5, 0.6) is 5.75 Å². The highest BCUT2D eigenvalue weighted by Gasteiger charge is 2.40. The van der Waals surface area contributed by atoms with Gasteiger partial charge >= 0.3 is 0 Å². The molecule has 1 aliphatic rings. The van der Waals surface area contributed by atoms with Crippen LogP contribution in [0.25, 0.3) is 5.69 Å². The van der Waals surface area contributed by atoms with Crippen molar-refractivity contribution in [3.8, 4) is 11.4 Å². The van der Waals surface area contributed by atoms with Crippen LogP contribution in [-0.4, -0.2) is 33.2 Å². The molecule has 1 aromatic carbocycles. The fourth-order valence-corrected chi connectivity index (χ4v) is 4.22. The van der Waals surface area contributed by atoms with Crippen molar-refractivity contribution in [1.82, 2.24) is 19.8 Å². The lowest BCUT2D eigenvalue weighted by Crippen LogP contribution is -2.31. The molecule has 1 N–H and O–H groups in total. The number of rotatable bonds is 6. The first-order chi connectivity index (χ1) is 13.7. The Morgan fingerprint density at radius 2 is 1.93 bits per heavy atom. The van der Waals surface area contributed by atoms with Gasteiger partial charge in [-0.2, -0.15) is 0 Å². The van der Waals surface area contributed by atoms with Gasteiger partial charge in [-0.05, 0) is 55.0 Å². The minimum atomic E-state index is -0.0105. The van der Waals surface area contributed by atoms with Crippen LogP contribution in [0.4, 0.5) is 0 Å². The molecule has 2 aromatic heterocycles. The zero-order chi connectivity index (χ0) is 19.5. The van der Waals surface area contributed by atoms with E-state index in [9.17, 15) is 0 Å². The van der Waals surface area contributed by atoms with Crippen LogP contribution in [0.1, 0.15) is 36.8 Å². The zero-order valence-corrected chi connectivity index (χ0v) is 16.9. The number of nitrogens with one attached hydrogen (secondary N) is 1. The highest BCUT2D eigenvalue weighted by atomic mass is 32.1. The Hall–Kier alpha value is -2.86. The lowest BCUT2D eigenvalue weighted by Gasteiger charge is -2.29. The predicted molar refractivity (Wildman–Crippen MR) is 115 cm³/mol. The van der Waals surface area contributed by atoms with Crippen molar-refractivity contribution in [2.75, 3.05) is 13.7 Å². The summed E-state index contributed by atoms with van der Waals surface area (Å²) in [6, 6.07) is 18.3. The molecule has 6 heteroatoms. The van der Waals surface area contributed by atoms with Crippen molar-refractivity contribution < 1.29 is 4.74 Å². The lowest BCUT2D eigenvalue weighted by atomic mass is 10.0. The lowest BCUT2D eigenvalue weighted by molar-refractivity contribution is 0.308. The molecular weight excluding hydrogens is 368 g/mol. The molecule has 0 saturated carbocycles. The van der Waals surface area contributed by atoms with Gasteiger partial charge in [-0.15, -0.1) is 0 Å². The first kappa shape index (κ1) is 18.5. The highest BCUT2D eigenvalue weighted by Crippen LogP contribution is 2.40. The molecular formula is C22H24N4OS. The van der Waals surface area contributed by atoms with Crippen molar-refractivity contribution >= 4 is 17.3 Å². The molecule has 1 fully saturated rings. The number of pyridine rings is 1. The number of ether oxygens (including phenoxy) is 1. The number of benzene rings is 1. The number of methoxy groups -OCH3 is 1. The van der Waals surface area contributed by atoms with Crippen LogP contribution in [0, 0.1) is 0 Å². The molecule has 0 radical (unpaired) electrons. The molecule has 28 heavy (non-hydrogen) atoms. The van der Waals surface area contributed by atoms with Crippen molar-refractivity contribution in [2.45, 2.75) is 25.4 Å². The molecule has 0 amide bonds. The number of hydrogen-bond acceptors (Lipinski definition) is 3. The number of hydrogen-bond donors (Lipinski definition) is 1. The largest absolute Gasteiger partial charge is 0.495 e. The Kier molecular flexibility index (Phi) is 5.30. The van der Waals surface area contributed by atoms with Crippen molar-refractivity contribution in [2.24, 2.45) is 0 Å². The number of thiocarbonyl (C=S) groups is 1. The van der Waals surface area contributed by atoms with Gasteiger partial charge in [-0.25, -0.2) is 0 Å². The van der Waals surface area contributed by atoms with Crippen LogP contribution in [0.2, 0.25) is 0 Å². The molecule has 0 unspecified atom stereocenters. The van der Waals surface area contributed by atoms with Crippen LogP contribution in [0.15, 0.2) is 67.0 Å². The Balaban J connectivity index is 1.83. The molecule has 144 valence electrons. The maximum Gasteiger partial charge on any atom is 0.170 e. The number of nitrogens with zero attached hydrogens (tertiary/aromatic N) is 3. The fraction of sp³-hybridized carbons (Fsp3) is 0.273. The minimum absolute atomic E-state index is 0.0105. The summed E-state index contributed by atoms with van der Waals surface area (Å²) in [6.07, 6.45) is 4.93. The van der Waals surface area contributed by atoms with E-state index in [0.29, 0.717) is 0 Å². The van der Waals surface area contributed by atoms with Gasteiger partial charge in [0.1, 0.15) is 5.75 Å². The fourth-order valence-electron chi connectivity index (χ4n) is 3.89. The predicted octanol–water partition coefficient (Wildman–Crippen LogP) is 4.26. The maximum atomic E-state index is 5.70. The van der Waals surface area contributed by atoms with Gasteiger partial charge in [0, 0.05) is 24.6 Å². The van der Waals surface area contributed by atoms with E-state index >= 15 is 0 Å². The topological polar surface area (TPSA) is 42.3 Å². The van der Waals surface area contributed by atoms with Crippen LogP contribution >= 0.6 is 12.2 Å². The third-order valence-corrected chi connectivity index (χ3v) is 5.44. The zero-order valence-electron chi connectivity index (χ0n) is 16.1. The molecule has 1 saturated heterocycles. The monoisotopic (exact) mass is 392 g/mol. The summed E-state index contributed by atoms with van der Waals surface area (Å²) < 4.78 is 7.80. The quantitative estimate of drug-likeness (QED) is 0.635. The number of aromatic nitrogens is 2. The Labute approximate surface area is 171 Å². The van der Waals surface area contributed by atoms with Gasteiger partial charge in [0.2, 0.25) is 0 Å². The molecule has 1 aliphatic heterocycles. The Morgan fingerprint density at radius 1 is 1.11 bits per heavy atom. The first-order valence-corrected chi connectivity index (χ1v) is 9.94. The van der Waals surface area contributed by atoms with E-state index in [0.717, 1.165) is 40.9 Å². The van der Waals surface area contributed by atoms with Gasteiger partial charge in [-0.1, -0.05) is 25.1 Å². The normalized spacial score (nSPS) is 18.9. The molecule has 0 aliphatic carbocycles. The summed E-state index contributed by atoms with van der Waals surface area (Å²) in [4.78, 5) is 6.88. The van der Waals surface area contributed by atoms with Crippen molar-refractivity contribution in [3.63, 3.8) is 0 Å². The van der Waals surface area contributed by atoms with E-state index in [1.807, 2.05) is 36.5 Å². The summed E-state index contributed by atoms with van der Waals surface area (Å²) in [5, 5.41) is 4.27. The standard InChI is InChI=1S/C22H24N4OS/c1-3-14-26-21(20(24-22(26)28)16-9-6-7-13-23-16)18-11-8-15-25(18)17-10-4-5-12-19(17)27-2/h4-13,15,20-21H,3,14H2,1-2H3,(H,24,28)/t20-,21+/m0/s1. The summed E-state index contributed by atoms with van der Waals surface area (Å²) >= 11 is 5.70. The van der Waals surface area contributed by atoms with E-state index in [1.54, 1.807) is 7.11 Å². The highest BCUT2D eigenvalue weighted by molar-refractivity contribution is 7.80. The Bertz CT molecular complexity index is 956. The van der Waals surface area contributed by atoms with Gasteiger partial charge in [0.25, 0.3) is 0 Å². The third-order valence-electron chi connectivity index (χ3n) is 5.09. The molecule has 3 aromatic rings. The van der Waals surface area contributed by atoms with Crippen LogP contribution in [0.3, 0.4) is 0 Å². The van der Waals surface area contributed by atoms with E-state index in [4.69, 9.17) is 17.0 Å². The van der Waals surface area contributed by atoms with Crippen LogP contribution in [-0.2, 0) is 0 Å². The molecule has 4 rings (SSSR count). The second-order valence-corrected chi connectivity index (χ2v) is 7.18. The molecule has 2 atom stereocenters. The summed E-state index contributed by atoms with van der Waals surface area (Å²) in [7, 11) is 1.70. The second-order valence-electron chi connectivity index (χ2n) is 6.79. The Morgan fingerprint density at radius 3 is 2.68 bits per heavy atom. The average molecular weight is 393 g/mol. The maximum absolute atomic E-state index is 5.70. The minimum Gasteiger partial charge on any atom is -0.495 e. The molecule has 0 spiro atoms. The van der Waals surface area contributed by atoms with Gasteiger partial charge < -0.3 is 19.5 Å². The molecule has 0 bridgehead atoms. The van der Waals surface area contributed by atoms with Gasteiger partial charge in [0.05, 0.1) is 30.6 Å². The summed E-state index contributed by atoms with van der Waals surface area (Å²) in [6.45, 7) is 3.06. The van der Waals surface area contributed by atoms with Crippen molar-refractivity contribution in [1.29, 1.82) is 0 Å². The van der Waals surface area contributed by atoms with Crippen molar-refractivity contribution in [3.05, 3.63) is 78.4 Å². The molecule has 5 nitrogen and oxygen atoms in total. The van der Waals surface area contributed by atoms with E-state index in [-0.39, 0.29) is 12.1 Å². The smallest absolute Gasteiger partial charge is 0.170 e. The van der Waals surface area contributed by atoms with Gasteiger partial charge in [-0.3, -0.25) is 4.98 Å². The van der Waals surface area contributed by atoms with Crippen LogP contribution < -0.4 is 10.1 Å². The summed E-state index contributed by atoms with van der Waals surface area (Å²) in [5.74, 6) is 0.838. The second kappa shape index (κ2) is 8.02. The van der Waals surface area contributed by atoms with E-state index < -0.39 is 0 Å². The van der Waals surface area contributed by atoms with Gasteiger partial charge in [0.15, 0.2) is 5.11 Å². The molecule has 3 heterocycles. The third kappa shape index (κ3) is 3.24.